The van der Waals surface area contributed by atoms with Gasteiger partial charge in [-0.2, -0.15) is 0 Å². The van der Waals surface area contributed by atoms with Crippen LogP contribution in [0.2, 0.25) is 0 Å². The van der Waals surface area contributed by atoms with Crippen LogP contribution >= 0.6 is 0 Å². The molecular weight excluding hydrogens is 352 g/mol. The largest absolute Gasteiger partial charge is 0.487 e. The molecule has 154 valence electrons. The number of carbonyl (C=O) groups excluding carboxylic acids is 1. The van der Waals surface area contributed by atoms with Crippen LogP contribution in [0.1, 0.15) is 58.6 Å². The van der Waals surface area contributed by atoms with E-state index in [1.165, 1.54) is 5.56 Å². The predicted molar refractivity (Wildman–Crippen MR) is 113 cm³/mol. The van der Waals surface area contributed by atoms with Crippen LogP contribution in [0.25, 0.3) is 0 Å². The predicted octanol–water partition coefficient (Wildman–Crippen LogP) is 3.10. The number of benzene rings is 1. The fourth-order valence-electron chi connectivity index (χ4n) is 4.07. The third kappa shape index (κ3) is 5.18. The zero-order chi connectivity index (χ0) is 20.1. The lowest BCUT2D eigenvalue weighted by Gasteiger charge is -2.38. The molecule has 1 atom stereocenters. The van der Waals surface area contributed by atoms with Crippen LogP contribution < -0.4 is 15.4 Å². The van der Waals surface area contributed by atoms with Gasteiger partial charge in [-0.1, -0.05) is 18.2 Å². The third-order valence-corrected chi connectivity index (χ3v) is 5.60. The summed E-state index contributed by atoms with van der Waals surface area (Å²) in [4.78, 5) is 18.3. The van der Waals surface area contributed by atoms with Crippen LogP contribution in [0.15, 0.2) is 29.3 Å². The Hall–Kier alpha value is -2.24. The van der Waals surface area contributed by atoms with E-state index in [0.29, 0.717) is 5.92 Å². The van der Waals surface area contributed by atoms with E-state index in [2.05, 4.69) is 43.5 Å². The molecule has 0 bridgehead atoms. The van der Waals surface area contributed by atoms with Crippen molar-refractivity contribution in [2.24, 2.45) is 10.9 Å². The average Bonchev–Trinajstić information content (AvgIpc) is 2.65. The number of carbonyl (C=O) groups is 1. The normalized spacial score (nSPS) is 22.2. The van der Waals surface area contributed by atoms with Crippen LogP contribution in [0.4, 0.5) is 0 Å². The number of fused-ring (bicyclic) bond motifs is 1. The first-order valence-electron chi connectivity index (χ1n) is 10.5. The summed E-state index contributed by atoms with van der Waals surface area (Å²) < 4.78 is 6.14. The third-order valence-electron chi connectivity index (χ3n) is 5.60. The molecule has 28 heavy (non-hydrogen) atoms. The van der Waals surface area contributed by atoms with Crippen molar-refractivity contribution < 1.29 is 9.53 Å². The minimum atomic E-state index is -0.219. The molecule has 2 aliphatic heterocycles. The van der Waals surface area contributed by atoms with Crippen LogP contribution in [0, 0.1) is 5.92 Å². The van der Waals surface area contributed by atoms with Crippen LogP contribution in [0.3, 0.4) is 0 Å². The minimum absolute atomic E-state index is 0.164. The number of nitrogens with zero attached hydrogens (tertiary/aromatic N) is 2. The number of nitrogens with one attached hydrogen (secondary N) is 2. The topological polar surface area (TPSA) is 66.0 Å². The molecule has 1 fully saturated rings. The number of ether oxygens (including phenoxy) is 1. The molecule has 1 aromatic rings. The van der Waals surface area contributed by atoms with Gasteiger partial charge in [0.05, 0.1) is 6.04 Å². The Morgan fingerprint density at radius 3 is 2.68 bits per heavy atom. The van der Waals surface area contributed by atoms with Gasteiger partial charge in [0.15, 0.2) is 5.96 Å². The molecule has 6 heteroatoms. The van der Waals surface area contributed by atoms with Gasteiger partial charge in [0.25, 0.3) is 0 Å². The zero-order valence-corrected chi connectivity index (χ0v) is 17.6. The van der Waals surface area contributed by atoms with Gasteiger partial charge in [-0.3, -0.25) is 9.79 Å². The fourth-order valence-corrected chi connectivity index (χ4v) is 4.07. The summed E-state index contributed by atoms with van der Waals surface area (Å²) in [6.45, 7) is 11.3. The Labute approximate surface area is 168 Å². The molecule has 0 aliphatic carbocycles. The van der Waals surface area contributed by atoms with Gasteiger partial charge in [0.2, 0.25) is 5.91 Å². The number of piperidine rings is 1. The molecular formula is C22H34N4O2. The first-order valence-corrected chi connectivity index (χ1v) is 10.5. The van der Waals surface area contributed by atoms with Crippen molar-refractivity contribution in [2.45, 2.75) is 58.6 Å². The van der Waals surface area contributed by atoms with E-state index >= 15 is 0 Å². The number of para-hydroxylation sites is 1. The molecule has 2 N–H and O–H groups in total. The Balaban J connectivity index is 1.66. The zero-order valence-electron chi connectivity index (χ0n) is 17.6. The maximum absolute atomic E-state index is 11.5. The van der Waals surface area contributed by atoms with E-state index in [0.717, 1.165) is 57.2 Å². The fraction of sp³-hybridized carbons (Fsp3) is 0.636. The first-order chi connectivity index (χ1) is 13.4. The highest BCUT2D eigenvalue weighted by Crippen LogP contribution is 2.39. The second-order valence-electron chi connectivity index (χ2n) is 8.47. The van der Waals surface area contributed by atoms with Crippen LogP contribution in [0.5, 0.6) is 5.75 Å². The van der Waals surface area contributed by atoms with Gasteiger partial charge in [-0.25, -0.2) is 0 Å². The lowest BCUT2D eigenvalue weighted by atomic mass is 9.90. The minimum Gasteiger partial charge on any atom is -0.487 e. The van der Waals surface area contributed by atoms with E-state index in [-0.39, 0.29) is 17.6 Å². The molecule has 2 heterocycles. The summed E-state index contributed by atoms with van der Waals surface area (Å²) in [6, 6.07) is 8.41. The summed E-state index contributed by atoms with van der Waals surface area (Å²) in [7, 11) is 0. The molecule has 0 aromatic heterocycles. The van der Waals surface area contributed by atoms with E-state index in [9.17, 15) is 4.79 Å². The SMILES string of the molecule is CCNC(=NCC1CCN(C(C)=O)CC1)NC1CC(C)(C)Oc2ccccc21. The molecule has 0 saturated carbocycles. The molecule has 1 saturated heterocycles. The highest BCUT2D eigenvalue weighted by atomic mass is 16.5. The number of rotatable bonds is 4. The molecule has 1 aromatic carbocycles. The number of aliphatic imine (C=N–C) groups is 1. The van der Waals surface area contributed by atoms with Gasteiger partial charge in [-0.15, -0.1) is 0 Å². The number of hydrogen-bond acceptors (Lipinski definition) is 3. The molecule has 0 spiro atoms. The standard InChI is InChI=1S/C22H34N4O2/c1-5-23-21(24-15-17-10-12-26(13-11-17)16(2)27)25-19-14-22(3,4)28-20-9-7-6-8-18(19)20/h6-9,17,19H,5,10-15H2,1-4H3,(H2,23,24,25). The van der Waals surface area contributed by atoms with E-state index in [1.54, 1.807) is 6.92 Å². The lowest BCUT2D eigenvalue weighted by molar-refractivity contribution is -0.130. The van der Waals surface area contributed by atoms with Gasteiger partial charge in [0, 0.05) is 45.1 Å². The van der Waals surface area contributed by atoms with Crippen molar-refractivity contribution in [2.75, 3.05) is 26.2 Å². The van der Waals surface area contributed by atoms with Crippen molar-refractivity contribution in [3.05, 3.63) is 29.8 Å². The molecule has 3 rings (SSSR count). The summed E-state index contributed by atoms with van der Waals surface area (Å²) in [5, 5.41) is 7.02. The number of guanidine groups is 1. The van der Waals surface area contributed by atoms with Gasteiger partial charge in [-0.05, 0) is 45.6 Å². The van der Waals surface area contributed by atoms with E-state index < -0.39 is 0 Å². The summed E-state index contributed by atoms with van der Waals surface area (Å²) >= 11 is 0. The second kappa shape index (κ2) is 8.84. The highest BCUT2D eigenvalue weighted by molar-refractivity contribution is 5.80. The molecule has 1 amide bonds. The Kier molecular flexibility index (Phi) is 6.47. The van der Waals surface area contributed by atoms with Crippen LogP contribution in [-0.2, 0) is 4.79 Å². The van der Waals surface area contributed by atoms with Gasteiger partial charge in [0.1, 0.15) is 11.4 Å². The number of likely N-dealkylation sites (tertiary alicyclic amines) is 1. The Morgan fingerprint density at radius 2 is 2.00 bits per heavy atom. The second-order valence-corrected chi connectivity index (χ2v) is 8.47. The molecule has 0 radical (unpaired) electrons. The quantitative estimate of drug-likeness (QED) is 0.616. The summed E-state index contributed by atoms with van der Waals surface area (Å²) in [5.41, 5.74) is 0.963. The van der Waals surface area contributed by atoms with Crippen molar-refractivity contribution in [1.29, 1.82) is 0 Å². The molecule has 1 unspecified atom stereocenters. The Bertz CT molecular complexity index is 708. The van der Waals surface area contributed by atoms with Gasteiger partial charge >= 0.3 is 0 Å². The first kappa shape index (κ1) is 20.5. The highest BCUT2D eigenvalue weighted by Gasteiger charge is 2.34. The lowest BCUT2D eigenvalue weighted by Crippen LogP contribution is -2.45. The van der Waals surface area contributed by atoms with Crippen molar-refractivity contribution in [1.82, 2.24) is 15.5 Å². The smallest absolute Gasteiger partial charge is 0.219 e. The average molecular weight is 387 g/mol. The summed E-state index contributed by atoms with van der Waals surface area (Å²) in [5.74, 6) is 2.51. The number of hydrogen-bond donors (Lipinski definition) is 2. The van der Waals surface area contributed by atoms with Crippen molar-refractivity contribution in [3.8, 4) is 5.75 Å². The maximum atomic E-state index is 11.5. The number of amides is 1. The monoisotopic (exact) mass is 386 g/mol. The summed E-state index contributed by atoms with van der Waals surface area (Å²) in [6.07, 6.45) is 2.93. The molecule has 6 nitrogen and oxygen atoms in total. The van der Waals surface area contributed by atoms with Crippen molar-refractivity contribution >= 4 is 11.9 Å². The maximum Gasteiger partial charge on any atom is 0.219 e. The van der Waals surface area contributed by atoms with Gasteiger partial charge < -0.3 is 20.3 Å². The van der Waals surface area contributed by atoms with Crippen LogP contribution in [-0.4, -0.2) is 48.5 Å². The van der Waals surface area contributed by atoms with E-state index in [4.69, 9.17) is 9.73 Å². The molecule has 2 aliphatic rings. The Morgan fingerprint density at radius 1 is 1.29 bits per heavy atom. The van der Waals surface area contributed by atoms with E-state index in [1.807, 2.05) is 17.0 Å². The van der Waals surface area contributed by atoms with Crippen molar-refractivity contribution in [3.63, 3.8) is 0 Å².